The van der Waals surface area contributed by atoms with Crippen LogP contribution in [0.5, 0.6) is 5.88 Å². The van der Waals surface area contributed by atoms with Crippen molar-refractivity contribution < 1.29 is 9.13 Å². The van der Waals surface area contributed by atoms with Crippen LogP contribution in [0.3, 0.4) is 0 Å². The highest BCUT2D eigenvalue weighted by molar-refractivity contribution is 5.61. The summed E-state index contributed by atoms with van der Waals surface area (Å²) >= 11 is 0. The van der Waals surface area contributed by atoms with Crippen LogP contribution in [0.15, 0.2) is 24.7 Å². The normalized spacial score (nSPS) is 10.3. The van der Waals surface area contributed by atoms with Gasteiger partial charge in [-0.2, -0.15) is 5.10 Å². The molecule has 0 spiro atoms. The third-order valence-corrected chi connectivity index (χ3v) is 2.05. The van der Waals surface area contributed by atoms with Gasteiger partial charge in [0, 0.05) is 36.6 Å². The van der Waals surface area contributed by atoms with E-state index in [4.69, 9.17) is 4.74 Å². The maximum atomic E-state index is 13.6. The molecule has 0 aliphatic carbocycles. The first-order valence-electron chi connectivity index (χ1n) is 4.39. The first kappa shape index (κ1) is 9.64. The van der Waals surface area contributed by atoms with Crippen LogP contribution in [0.25, 0.3) is 11.1 Å². The quantitative estimate of drug-likeness (QED) is 0.751. The van der Waals surface area contributed by atoms with E-state index in [9.17, 15) is 4.39 Å². The van der Waals surface area contributed by atoms with Crippen molar-refractivity contribution in [3.05, 3.63) is 30.5 Å². The second-order valence-electron chi connectivity index (χ2n) is 3.11. The van der Waals surface area contributed by atoms with E-state index in [-0.39, 0.29) is 11.7 Å². The van der Waals surface area contributed by atoms with Gasteiger partial charge in [0.1, 0.15) is 5.82 Å². The fourth-order valence-corrected chi connectivity index (χ4v) is 1.30. The van der Waals surface area contributed by atoms with Gasteiger partial charge in [0.2, 0.25) is 5.88 Å². The highest BCUT2D eigenvalue weighted by atomic mass is 19.1. The SMILES string of the molecule is COc1cc(F)c(-c2cnn(C)c2)cn1. The van der Waals surface area contributed by atoms with Gasteiger partial charge in [-0.1, -0.05) is 0 Å². The minimum atomic E-state index is -0.366. The average molecular weight is 207 g/mol. The molecule has 0 N–H and O–H groups in total. The Hall–Kier alpha value is -1.91. The van der Waals surface area contributed by atoms with E-state index in [1.54, 1.807) is 24.1 Å². The lowest BCUT2D eigenvalue weighted by Crippen LogP contribution is -1.91. The number of pyridine rings is 1. The van der Waals surface area contributed by atoms with E-state index >= 15 is 0 Å². The van der Waals surface area contributed by atoms with E-state index in [0.29, 0.717) is 11.1 Å². The molecular weight excluding hydrogens is 197 g/mol. The first-order chi connectivity index (χ1) is 7.20. The number of rotatable bonds is 2. The van der Waals surface area contributed by atoms with Crippen LogP contribution in [-0.4, -0.2) is 21.9 Å². The summed E-state index contributed by atoms with van der Waals surface area (Å²) < 4.78 is 20.0. The number of aryl methyl sites for hydroxylation is 1. The highest BCUT2D eigenvalue weighted by Gasteiger charge is 2.08. The molecular formula is C10H10FN3O. The van der Waals surface area contributed by atoms with Crippen LogP contribution in [-0.2, 0) is 7.05 Å². The molecule has 0 amide bonds. The summed E-state index contributed by atoms with van der Waals surface area (Å²) in [5, 5.41) is 3.97. The Labute approximate surface area is 86.3 Å². The Morgan fingerprint density at radius 1 is 1.40 bits per heavy atom. The molecule has 0 unspecified atom stereocenters. The summed E-state index contributed by atoms with van der Waals surface area (Å²) in [6.07, 6.45) is 4.75. The number of ether oxygens (including phenoxy) is 1. The van der Waals surface area contributed by atoms with Gasteiger partial charge in [0.15, 0.2) is 0 Å². The van der Waals surface area contributed by atoms with E-state index < -0.39 is 0 Å². The number of hydrogen-bond acceptors (Lipinski definition) is 3. The van der Waals surface area contributed by atoms with Crippen LogP contribution in [0.2, 0.25) is 0 Å². The summed E-state index contributed by atoms with van der Waals surface area (Å²) in [5.41, 5.74) is 1.12. The smallest absolute Gasteiger partial charge is 0.215 e. The van der Waals surface area contributed by atoms with Crippen LogP contribution in [0, 0.1) is 5.82 Å². The van der Waals surface area contributed by atoms with Gasteiger partial charge in [0.05, 0.1) is 13.3 Å². The van der Waals surface area contributed by atoms with Crippen molar-refractivity contribution in [2.75, 3.05) is 7.11 Å². The molecule has 0 saturated heterocycles. The predicted octanol–water partition coefficient (Wildman–Crippen LogP) is 1.63. The minimum Gasteiger partial charge on any atom is -0.481 e. The Balaban J connectivity index is 2.45. The molecule has 0 atom stereocenters. The summed E-state index contributed by atoms with van der Waals surface area (Å²) in [5.74, 6) is -0.102. The molecule has 15 heavy (non-hydrogen) atoms. The largest absolute Gasteiger partial charge is 0.481 e. The molecule has 2 rings (SSSR count). The zero-order valence-corrected chi connectivity index (χ0v) is 8.44. The summed E-state index contributed by atoms with van der Waals surface area (Å²) in [6.45, 7) is 0. The van der Waals surface area contributed by atoms with Gasteiger partial charge in [-0.15, -0.1) is 0 Å². The zero-order valence-electron chi connectivity index (χ0n) is 8.44. The molecule has 0 radical (unpaired) electrons. The molecule has 2 heterocycles. The molecule has 4 nitrogen and oxygen atoms in total. The number of aromatic nitrogens is 3. The zero-order chi connectivity index (χ0) is 10.8. The van der Waals surface area contributed by atoms with Crippen molar-refractivity contribution in [3.63, 3.8) is 0 Å². The van der Waals surface area contributed by atoms with E-state index in [2.05, 4.69) is 10.1 Å². The lowest BCUT2D eigenvalue weighted by molar-refractivity contribution is 0.394. The number of nitrogens with zero attached hydrogens (tertiary/aromatic N) is 3. The second kappa shape index (κ2) is 3.68. The monoisotopic (exact) mass is 207 g/mol. The Kier molecular flexibility index (Phi) is 2.37. The number of methoxy groups -OCH3 is 1. The van der Waals surface area contributed by atoms with Gasteiger partial charge in [-0.3, -0.25) is 4.68 Å². The van der Waals surface area contributed by atoms with Crippen LogP contribution in [0.4, 0.5) is 4.39 Å². The van der Waals surface area contributed by atoms with Gasteiger partial charge in [-0.05, 0) is 0 Å². The van der Waals surface area contributed by atoms with Crippen molar-refractivity contribution in [3.8, 4) is 17.0 Å². The molecule has 0 bridgehead atoms. The molecule has 2 aromatic heterocycles. The van der Waals surface area contributed by atoms with Crippen molar-refractivity contribution in [1.29, 1.82) is 0 Å². The van der Waals surface area contributed by atoms with E-state index in [0.717, 1.165) is 0 Å². The maximum absolute atomic E-state index is 13.6. The van der Waals surface area contributed by atoms with Gasteiger partial charge in [-0.25, -0.2) is 9.37 Å². The standard InChI is InChI=1S/C10H10FN3O/c1-14-6-7(4-13-14)8-5-12-10(15-2)3-9(8)11/h3-6H,1-2H3. The second-order valence-corrected chi connectivity index (χ2v) is 3.11. The number of halogens is 1. The molecule has 5 heteroatoms. The molecule has 0 aromatic carbocycles. The summed E-state index contributed by atoms with van der Waals surface area (Å²) in [7, 11) is 3.23. The third-order valence-electron chi connectivity index (χ3n) is 2.05. The molecule has 0 fully saturated rings. The highest BCUT2D eigenvalue weighted by Crippen LogP contribution is 2.23. The lowest BCUT2D eigenvalue weighted by Gasteiger charge is -2.01. The van der Waals surface area contributed by atoms with Crippen molar-refractivity contribution in [1.82, 2.24) is 14.8 Å². The summed E-state index contributed by atoms with van der Waals surface area (Å²) in [6, 6.07) is 1.25. The Bertz CT molecular complexity index is 481. The first-order valence-corrected chi connectivity index (χ1v) is 4.39. The van der Waals surface area contributed by atoms with Crippen molar-refractivity contribution in [2.24, 2.45) is 7.05 Å². The minimum absolute atomic E-state index is 0.264. The van der Waals surface area contributed by atoms with Crippen molar-refractivity contribution >= 4 is 0 Å². The Morgan fingerprint density at radius 3 is 2.73 bits per heavy atom. The Morgan fingerprint density at radius 2 is 2.20 bits per heavy atom. The molecule has 2 aromatic rings. The molecule has 0 aliphatic rings. The van der Waals surface area contributed by atoms with Crippen LogP contribution < -0.4 is 4.74 Å². The average Bonchev–Trinajstić information content (AvgIpc) is 2.64. The molecule has 0 saturated carbocycles. The molecule has 78 valence electrons. The van der Waals surface area contributed by atoms with Crippen LogP contribution >= 0.6 is 0 Å². The van der Waals surface area contributed by atoms with E-state index in [1.165, 1.54) is 19.4 Å². The summed E-state index contributed by atoms with van der Waals surface area (Å²) in [4.78, 5) is 3.94. The van der Waals surface area contributed by atoms with Crippen LogP contribution in [0.1, 0.15) is 0 Å². The van der Waals surface area contributed by atoms with Gasteiger partial charge in [0.25, 0.3) is 0 Å². The van der Waals surface area contributed by atoms with Gasteiger partial charge < -0.3 is 4.74 Å². The van der Waals surface area contributed by atoms with E-state index in [1.807, 2.05) is 0 Å². The third kappa shape index (κ3) is 1.81. The van der Waals surface area contributed by atoms with Crippen molar-refractivity contribution in [2.45, 2.75) is 0 Å². The fourth-order valence-electron chi connectivity index (χ4n) is 1.30. The van der Waals surface area contributed by atoms with Gasteiger partial charge >= 0.3 is 0 Å². The fraction of sp³-hybridized carbons (Fsp3) is 0.200. The molecule has 0 aliphatic heterocycles. The number of hydrogen-bond donors (Lipinski definition) is 0. The topological polar surface area (TPSA) is 39.9 Å². The predicted molar refractivity (Wildman–Crippen MR) is 52.9 cm³/mol. The lowest BCUT2D eigenvalue weighted by atomic mass is 10.1. The maximum Gasteiger partial charge on any atom is 0.215 e.